The Labute approximate surface area is 119 Å². The SMILES string of the molecule is COC(C)(C)/C=C(\C#N)C(=O)N1CCC[C@@H](NC=O)C1. The molecule has 0 aromatic carbocycles. The van der Waals surface area contributed by atoms with Gasteiger partial charge in [0.2, 0.25) is 6.41 Å². The Hall–Kier alpha value is -1.87. The second-order valence-corrected chi connectivity index (χ2v) is 5.35. The van der Waals surface area contributed by atoms with Crippen LogP contribution in [-0.4, -0.2) is 49.1 Å². The molecular formula is C14H21N3O3. The third-order valence-electron chi connectivity index (χ3n) is 3.38. The minimum absolute atomic E-state index is 0.0411. The van der Waals surface area contributed by atoms with Gasteiger partial charge in [-0.3, -0.25) is 9.59 Å². The van der Waals surface area contributed by atoms with Crippen molar-refractivity contribution in [3.05, 3.63) is 11.6 Å². The first-order chi connectivity index (χ1) is 9.43. The van der Waals surface area contributed by atoms with Crippen LogP contribution in [0, 0.1) is 11.3 Å². The number of likely N-dealkylation sites (tertiary alicyclic amines) is 1. The zero-order chi connectivity index (χ0) is 15.2. The molecule has 1 aliphatic rings. The number of nitriles is 1. The van der Waals surface area contributed by atoms with Crippen LogP contribution in [0.15, 0.2) is 11.6 Å². The van der Waals surface area contributed by atoms with Gasteiger partial charge in [-0.1, -0.05) is 0 Å². The van der Waals surface area contributed by atoms with E-state index in [0.29, 0.717) is 19.5 Å². The molecule has 1 saturated heterocycles. The Morgan fingerprint density at radius 2 is 2.25 bits per heavy atom. The topological polar surface area (TPSA) is 82.4 Å². The van der Waals surface area contributed by atoms with Crippen LogP contribution in [0.3, 0.4) is 0 Å². The molecule has 0 saturated carbocycles. The molecule has 0 radical (unpaired) electrons. The van der Waals surface area contributed by atoms with E-state index in [1.54, 1.807) is 18.7 Å². The Morgan fingerprint density at radius 1 is 1.55 bits per heavy atom. The van der Waals surface area contributed by atoms with E-state index in [2.05, 4.69) is 5.32 Å². The van der Waals surface area contributed by atoms with Gasteiger partial charge in [0, 0.05) is 26.2 Å². The van der Waals surface area contributed by atoms with E-state index in [1.807, 2.05) is 6.07 Å². The summed E-state index contributed by atoms with van der Waals surface area (Å²) in [6.45, 7) is 4.60. The van der Waals surface area contributed by atoms with Crippen molar-refractivity contribution in [1.82, 2.24) is 10.2 Å². The molecule has 0 aromatic rings. The molecule has 1 atom stereocenters. The zero-order valence-electron chi connectivity index (χ0n) is 12.2. The van der Waals surface area contributed by atoms with Gasteiger partial charge >= 0.3 is 0 Å². The molecule has 0 spiro atoms. The van der Waals surface area contributed by atoms with E-state index in [1.165, 1.54) is 13.2 Å². The van der Waals surface area contributed by atoms with E-state index >= 15 is 0 Å². The number of piperidine rings is 1. The van der Waals surface area contributed by atoms with Crippen LogP contribution >= 0.6 is 0 Å². The van der Waals surface area contributed by atoms with Crippen molar-refractivity contribution >= 4 is 12.3 Å². The monoisotopic (exact) mass is 279 g/mol. The summed E-state index contributed by atoms with van der Waals surface area (Å²) in [5.41, 5.74) is -0.597. The van der Waals surface area contributed by atoms with Crippen LogP contribution in [0.5, 0.6) is 0 Å². The lowest BCUT2D eigenvalue weighted by Gasteiger charge is -2.32. The van der Waals surface area contributed by atoms with Crippen LogP contribution < -0.4 is 5.32 Å². The fourth-order valence-corrected chi connectivity index (χ4v) is 2.11. The third-order valence-corrected chi connectivity index (χ3v) is 3.38. The summed E-state index contributed by atoms with van der Waals surface area (Å²) in [6.07, 6.45) is 3.83. The number of hydrogen-bond acceptors (Lipinski definition) is 4. The fraction of sp³-hybridized carbons (Fsp3) is 0.643. The molecule has 1 fully saturated rings. The first-order valence-corrected chi connectivity index (χ1v) is 6.60. The van der Waals surface area contributed by atoms with Gasteiger partial charge in [0.1, 0.15) is 11.6 Å². The first kappa shape index (κ1) is 16.2. The Kier molecular flexibility index (Phi) is 5.71. The van der Waals surface area contributed by atoms with Gasteiger partial charge in [0.05, 0.1) is 5.60 Å². The molecule has 1 aliphatic heterocycles. The summed E-state index contributed by atoms with van der Waals surface area (Å²) >= 11 is 0. The minimum Gasteiger partial charge on any atom is -0.375 e. The molecule has 1 heterocycles. The Morgan fingerprint density at radius 3 is 2.80 bits per heavy atom. The molecule has 0 unspecified atom stereocenters. The maximum atomic E-state index is 12.3. The minimum atomic E-state index is -0.670. The second kappa shape index (κ2) is 7.06. The number of carbonyl (C=O) groups is 2. The number of rotatable bonds is 5. The number of ether oxygens (including phenoxy) is 1. The van der Waals surface area contributed by atoms with E-state index in [4.69, 9.17) is 10.00 Å². The molecule has 20 heavy (non-hydrogen) atoms. The van der Waals surface area contributed by atoms with Crippen molar-refractivity contribution in [1.29, 1.82) is 5.26 Å². The molecule has 0 aromatic heterocycles. The van der Waals surface area contributed by atoms with Gasteiger partial charge in [-0.15, -0.1) is 0 Å². The van der Waals surface area contributed by atoms with Crippen molar-refractivity contribution in [3.63, 3.8) is 0 Å². The summed E-state index contributed by atoms with van der Waals surface area (Å²) < 4.78 is 5.21. The summed E-state index contributed by atoms with van der Waals surface area (Å²) in [5, 5.41) is 11.8. The highest BCUT2D eigenvalue weighted by molar-refractivity contribution is 5.97. The van der Waals surface area contributed by atoms with Crippen LogP contribution in [0.4, 0.5) is 0 Å². The quantitative estimate of drug-likeness (QED) is 0.454. The predicted octanol–water partition coefficient (Wildman–Crippen LogP) is 0.598. The number of methoxy groups -OCH3 is 1. The molecule has 1 rings (SSSR count). The molecular weight excluding hydrogens is 258 g/mol. The summed E-state index contributed by atoms with van der Waals surface area (Å²) in [7, 11) is 1.53. The number of nitrogens with zero attached hydrogens (tertiary/aromatic N) is 2. The summed E-state index contributed by atoms with van der Waals surface area (Å²) in [5.74, 6) is -0.310. The van der Waals surface area contributed by atoms with Crippen molar-refractivity contribution < 1.29 is 14.3 Å². The van der Waals surface area contributed by atoms with Crippen molar-refractivity contribution in [2.24, 2.45) is 0 Å². The summed E-state index contributed by atoms with van der Waals surface area (Å²) in [6, 6.07) is 1.90. The number of nitrogens with one attached hydrogen (secondary N) is 1. The lowest BCUT2D eigenvalue weighted by molar-refractivity contribution is -0.128. The highest BCUT2D eigenvalue weighted by Gasteiger charge is 2.27. The van der Waals surface area contributed by atoms with Gasteiger partial charge in [-0.05, 0) is 32.8 Å². The van der Waals surface area contributed by atoms with Gasteiger partial charge in [0.25, 0.3) is 5.91 Å². The Balaban J connectivity index is 2.82. The van der Waals surface area contributed by atoms with Gasteiger partial charge in [0.15, 0.2) is 0 Å². The molecule has 110 valence electrons. The number of hydrogen-bond donors (Lipinski definition) is 1. The highest BCUT2D eigenvalue weighted by Crippen LogP contribution is 2.17. The fourth-order valence-electron chi connectivity index (χ4n) is 2.11. The lowest BCUT2D eigenvalue weighted by atomic mass is 10.0. The summed E-state index contributed by atoms with van der Waals surface area (Å²) in [4.78, 5) is 24.4. The van der Waals surface area contributed by atoms with Gasteiger partial charge < -0.3 is 15.0 Å². The van der Waals surface area contributed by atoms with Crippen molar-refractivity contribution in [2.45, 2.75) is 38.3 Å². The third kappa shape index (κ3) is 4.35. The van der Waals surface area contributed by atoms with Crippen LogP contribution in [0.2, 0.25) is 0 Å². The molecule has 0 aliphatic carbocycles. The average molecular weight is 279 g/mol. The number of amides is 2. The lowest BCUT2D eigenvalue weighted by Crippen LogP contribution is -2.48. The standard InChI is InChI=1S/C14H21N3O3/c1-14(2,20-3)7-11(8-15)13(19)17-6-4-5-12(9-17)16-10-18/h7,10,12H,4-6,9H2,1-3H3,(H,16,18)/b11-7+/t12-/m1/s1. The Bertz CT molecular complexity index is 437. The maximum Gasteiger partial charge on any atom is 0.264 e. The smallest absolute Gasteiger partial charge is 0.264 e. The first-order valence-electron chi connectivity index (χ1n) is 6.60. The second-order valence-electron chi connectivity index (χ2n) is 5.35. The van der Waals surface area contributed by atoms with Crippen LogP contribution in [-0.2, 0) is 14.3 Å². The molecule has 6 heteroatoms. The van der Waals surface area contributed by atoms with E-state index in [9.17, 15) is 9.59 Å². The zero-order valence-corrected chi connectivity index (χ0v) is 12.2. The molecule has 1 N–H and O–H groups in total. The largest absolute Gasteiger partial charge is 0.375 e. The van der Waals surface area contributed by atoms with E-state index in [0.717, 1.165) is 12.8 Å². The van der Waals surface area contributed by atoms with E-state index < -0.39 is 5.60 Å². The van der Waals surface area contributed by atoms with Crippen LogP contribution in [0.25, 0.3) is 0 Å². The average Bonchev–Trinajstić information content (AvgIpc) is 2.45. The molecule has 0 bridgehead atoms. The maximum absolute atomic E-state index is 12.3. The van der Waals surface area contributed by atoms with Crippen molar-refractivity contribution in [3.8, 4) is 6.07 Å². The van der Waals surface area contributed by atoms with Crippen LogP contribution in [0.1, 0.15) is 26.7 Å². The highest BCUT2D eigenvalue weighted by atomic mass is 16.5. The van der Waals surface area contributed by atoms with E-state index in [-0.39, 0.29) is 17.5 Å². The van der Waals surface area contributed by atoms with Gasteiger partial charge in [-0.2, -0.15) is 5.26 Å². The molecule has 6 nitrogen and oxygen atoms in total. The molecule has 2 amide bonds. The van der Waals surface area contributed by atoms with Crippen molar-refractivity contribution in [2.75, 3.05) is 20.2 Å². The predicted molar refractivity (Wildman–Crippen MR) is 73.6 cm³/mol. The number of carbonyl (C=O) groups excluding carboxylic acids is 2. The normalized spacial score (nSPS) is 20.2. The van der Waals surface area contributed by atoms with Gasteiger partial charge in [-0.25, -0.2) is 0 Å².